The molecule has 0 aliphatic heterocycles. The van der Waals surface area contributed by atoms with Crippen molar-refractivity contribution in [2.75, 3.05) is 6.54 Å². The Bertz CT molecular complexity index is 312. The third-order valence-electron chi connectivity index (χ3n) is 2.62. The summed E-state index contributed by atoms with van der Waals surface area (Å²) in [4.78, 5) is 0. The summed E-state index contributed by atoms with van der Waals surface area (Å²) in [6.45, 7) is 4.26. The lowest BCUT2D eigenvalue weighted by Gasteiger charge is -2.30. The Morgan fingerprint density at radius 2 is 2.14 bits per heavy atom. The van der Waals surface area contributed by atoms with Gasteiger partial charge in [-0.3, -0.25) is 0 Å². The second kappa shape index (κ2) is 4.43. The maximum absolute atomic E-state index is 9.79. The number of aliphatic hydroxyl groups excluding tert-OH is 1. The molecule has 3 heteroatoms. The first-order valence-corrected chi connectivity index (χ1v) is 5.42. The zero-order chi connectivity index (χ0) is 10.8. The van der Waals surface area contributed by atoms with Crippen molar-refractivity contribution in [3.8, 4) is 0 Å². The van der Waals surface area contributed by atoms with Crippen LogP contribution in [-0.4, -0.2) is 17.8 Å². The average molecular weight is 258 g/mol. The Labute approximate surface area is 93.3 Å². The van der Waals surface area contributed by atoms with E-state index in [1.54, 1.807) is 0 Å². The predicted molar refractivity (Wildman–Crippen MR) is 62.2 cm³/mol. The largest absolute Gasteiger partial charge is 0.391 e. The molecular formula is C11H16BrNO. The van der Waals surface area contributed by atoms with Gasteiger partial charge in [-0.25, -0.2) is 0 Å². The molecule has 2 nitrogen and oxygen atoms in total. The van der Waals surface area contributed by atoms with Gasteiger partial charge in [0.15, 0.2) is 0 Å². The molecule has 0 amide bonds. The van der Waals surface area contributed by atoms with Crippen LogP contribution in [0.25, 0.3) is 0 Å². The molecule has 3 N–H and O–H groups in total. The maximum Gasteiger partial charge on any atom is 0.0753 e. The van der Waals surface area contributed by atoms with E-state index < -0.39 is 6.10 Å². The van der Waals surface area contributed by atoms with Gasteiger partial charge in [0.1, 0.15) is 0 Å². The number of aliphatic hydroxyl groups is 1. The Morgan fingerprint density at radius 3 is 2.64 bits per heavy atom. The highest BCUT2D eigenvalue weighted by Gasteiger charge is 2.28. The summed E-state index contributed by atoms with van der Waals surface area (Å²) in [7, 11) is 0. The van der Waals surface area contributed by atoms with E-state index in [-0.39, 0.29) is 12.0 Å². The van der Waals surface area contributed by atoms with Gasteiger partial charge in [-0.2, -0.15) is 0 Å². The van der Waals surface area contributed by atoms with Crippen LogP contribution in [0.1, 0.15) is 19.4 Å². The van der Waals surface area contributed by atoms with E-state index in [1.807, 2.05) is 38.1 Å². The maximum atomic E-state index is 9.79. The van der Waals surface area contributed by atoms with Crippen LogP contribution in [0, 0.1) is 0 Å². The van der Waals surface area contributed by atoms with E-state index >= 15 is 0 Å². The second-order valence-corrected chi connectivity index (χ2v) is 4.90. The number of benzene rings is 1. The predicted octanol–water partition coefficient (Wildman–Crippen LogP) is 2.05. The first-order chi connectivity index (χ1) is 6.48. The molecule has 1 rings (SSSR count). The fraction of sp³-hybridized carbons (Fsp3) is 0.455. The zero-order valence-electron chi connectivity index (χ0n) is 8.50. The summed E-state index contributed by atoms with van der Waals surface area (Å²) in [6.07, 6.45) is -0.517. The molecule has 1 unspecified atom stereocenters. The fourth-order valence-corrected chi connectivity index (χ4v) is 1.78. The van der Waals surface area contributed by atoms with Crippen LogP contribution in [0.15, 0.2) is 28.7 Å². The van der Waals surface area contributed by atoms with Crippen LogP contribution >= 0.6 is 15.9 Å². The summed E-state index contributed by atoms with van der Waals surface area (Å²) < 4.78 is 1.02. The number of halogens is 1. The second-order valence-electron chi connectivity index (χ2n) is 3.98. The molecule has 0 aliphatic carbocycles. The van der Waals surface area contributed by atoms with E-state index in [0.29, 0.717) is 0 Å². The van der Waals surface area contributed by atoms with Gasteiger partial charge in [0.05, 0.1) is 6.10 Å². The topological polar surface area (TPSA) is 46.2 Å². The molecule has 0 aliphatic rings. The lowest BCUT2D eigenvalue weighted by molar-refractivity contribution is 0.108. The molecule has 78 valence electrons. The molecule has 0 spiro atoms. The molecule has 0 saturated heterocycles. The summed E-state index contributed by atoms with van der Waals surface area (Å²) >= 11 is 3.41. The lowest BCUT2D eigenvalue weighted by Crippen LogP contribution is -2.39. The highest BCUT2D eigenvalue weighted by atomic mass is 79.9. The monoisotopic (exact) mass is 257 g/mol. The minimum atomic E-state index is -0.517. The van der Waals surface area contributed by atoms with Crippen molar-refractivity contribution in [1.82, 2.24) is 0 Å². The van der Waals surface area contributed by atoms with Crippen LogP contribution in [0.5, 0.6) is 0 Å². The van der Waals surface area contributed by atoms with Crippen LogP contribution in [-0.2, 0) is 5.41 Å². The van der Waals surface area contributed by atoms with Crippen LogP contribution in [0.4, 0.5) is 0 Å². The molecule has 1 aromatic carbocycles. The smallest absolute Gasteiger partial charge is 0.0753 e. The molecule has 1 aromatic rings. The zero-order valence-corrected chi connectivity index (χ0v) is 10.1. The van der Waals surface area contributed by atoms with Gasteiger partial charge in [0.25, 0.3) is 0 Å². The van der Waals surface area contributed by atoms with Gasteiger partial charge in [-0.1, -0.05) is 41.9 Å². The molecule has 0 radical (unpaired) electrons. The van der Waals surface area contributed by atoms with Crippen LogP contribution in [0.3, 0.4) is 0 Å². The third-order valence-corrected chi connectivity index (χ3v) is 3.12. The highest BCUT2D eigenvalue weighted by molar-refractivity contribution is 9.10. The van der Waals surface area contributed by atoms with Gasteiger partial charge in [-0.05, 0) is 17.7 Å². The van der Waals surface area contributed by atoms with Crippen molar-refractivity contribution in [2.45, 2.75) is 25.4 Å². The quantitative estimate of drug-likeness (QED) is 0.871. The Balaban J connectivity index is 3.03. The first kappa shape index (κ1) is 11.7. The van der Waals surface area contributed by atoms with Gasteiger partial charge in [-0.15, -0.1) is 0 Å². The van der Waals surface area contributed by atoms with Gasteiger partial charge >= 0.3 is 0 Å². The van der Waals surface area contributed by atoms with Gasteiger partial charge < -0.3 is 10.8 Å². The van der Waals surface area contributed by atoms with Gasteiger partial charge in [0.2, 0.25) is 0 Å². The summed E-state index contributed by atoms with van der Waals surface area (Å²) in [5.41, 5.74) is 6.25. The minimum Gasteiger partial charge on any atom is -0.391 e. The Hall–Kier alpha value is -0.380. The van der Waals surface area contributed by atoms with Crippen molar-refractivity contribution < 1.29 is 5.11 Å². The SMILES string of the molecule is CC(C)(c1cccc(Br)c1)C(O)CN. The molecule has 1 atom stereocenters. The minimum absolute atomic E-state index is 0.277. The summed E-state index contributed by atoms with van der Waals surface area (Å²) in [5, 5.41) is 9.79. The molecule has 0 bridgehead atoms. The number of nitrogens with two attached hydrogens (primary N) is 1. The molecule has 14 heavy (non-hydrogen) atoms. The molecule has 0 aromatic heterocycles. The Morgan fingerprint density at radius 1 is 1.50 bits per heavy atom. The van der Waals surface area contributed by atoms with Gasteiger partial charge in [0, 0.05) is 16.4 Å². The molecule has 0 saturated carbocycles. The summed E-state index contributed by atoms with van der Waals surface area (Å²) in [5.74, 6) is 0. The fourth-order valence-electron chi connectivity index (χ4n) is 1.38. The van der Waals surface area contributed by atoms with Crippen molar-refractivity contribution >= 4 is 15.9 Å². The summed E-state index contributed by atoms with van der Waals surface area (Å²) in [6, 6.07) is 7.95. The van der Waals surface area contributed by atoms with E-state index in [4.69, 9.17) is 5.73 Å². The molecule has 0 fully saturated rings. The highest BCUT2D eigenvalue weighted by Crippen LogP contribution is 2.28. The average Bonchev–Trinajstić information content (AvgIpc) is 2.16. The van der Waals surface area contributed by atoms with E-state index in [0.717, 1.165) is 10.0 Å². The van der Waals surface area contributed by atoms with Crippen LogP contribution in [0.2, 0.25) is 0 Å². The normalized spacial score (nSPS) is 14.1. The number of rotatable bonds is 3. The first-order valence-electron chi connectivity index (χ1n) is 4.62. The standard InChI is InChI=1S/C11H16BrNO/c1-11(2,10(14)7-13)8-4-3-5-9(12)6-8/h3-6,10,14H,7,13H2,1-2H3. The van der Waals surface area contributed by atoms with Crippen molar-refractivity contribution in [1.29, 1.82) is 0 Å². The van der Waals surface area contributed by atoms with Crippen molar-refractivity contribution in [2.24, 2.45) is 5.73 Å². The third kappa shape index (κ3) is 2.35. The molecule has 0 heterocycles. The number of hydrogen-bond acceptors (Lipinski definition) is 2. The van der Waals surface area contributed by atoms with E-state index in [1.165, 1.54) is 0 Å². The van der Waals surface area contributed by atoms with Crippen molar-refractivity contribution in [3.63, 3.8) is 0 Å². The van der Waals surface area contributed by atoms with E-state index in [2.05, 4.69) is 15.9 Å². The lowest BCUT2D eigenvalue weighted by atomic mass is 9.79. The van der Waals surface area contributed by atoms with Crippen LogP contribution < -0.4 is 5.73 Å². The van der Waals surface area contributed by atoms with Crippen molar-refractivity contribution in [3.05, 3.63) is 34.3 Å². The van der Waals surface area contributed by atoms with E-state index in [9.17, 15) is 5.11 Å². The molecular weight excluding hydrogens is 242 g/mol. The Kier molecular flexibility index (Phi) is 3.70. The number of hydrogen-bond donors (Lipinski definition) is 2.